The second kappa shape index (κ2) is 7.26. The number of carbonyl (C=O) groups is 1. The van der Waals surface area contributed by atoms with Gasteiger partial charge in [-0.05, 0) is 24.3 Å². The predicted molar refractivity (Wildman–Crippen MR) is 85.9 cm³/mol. The van der Waals surface area contributed by atoms with Gasteiger partial charge < -0.3 is 20.2 Å². The zero-order valence-electron chi connectivity index (χ0n) is 12.8. The molecular weight excluding hydrogens is 296 g/mol. The molecule has 1 aromatic heterocycles. The van der Waals surface area contributed by atoms with Crippen LogP contribution in [0.25, 0.3) is 11.5 Å². The third-order valence-corrected chi connectivity index (χ3v) is 3.71. The molecule has 2 aromatic rings. The van der Waals surface area contributed by atoms with Crippen LogP contribution in [0.1, 0.15) is 10.5 Å². The predicted octanol–water partition coefficient (Wildman–Crippen LogP) is 0.986. The number of oxazole rings is 1. The first-order chi connectivity index (χ1) is 11.2. The van der Waals surface area contributed by atoms with Gasteiger partial charge in [-0.15, -0.1) is 0 Å². The van der Waals surface area contributed by atoms with Crippen LogP contribution in [0.3, 0.4) is 0 Å². The van der Waals surface area contributed by atoms with E-state index in [0.29, 0.717) is 18.1 Å². The van der Waals surface area contributed by atoms with E-state index in [9.17, 15) is 4.79 Å². The van der Waals surface area contributed by atoms with E-state index >= 15 is 0 Å². The van der Waals surface area contributed by atoms with Gasteiger partial charge in [0, 0.05) is 37.4 Å². The first kappa shape index (κ1) is 15.5. The van der Waals surface area contributed by atoms with Crippen molar-refractivity contribution in [2.45, 2.75) is 0 Å². The fourth-order valence-corrected chi connectivity index (χ4v) is 2.38. The van der Waals surface area contributed by atoms with Crippen molar-refractivity contribution in [2.24, 2.45) is 0 Å². The largest absolute Gasteiger partial charge is 0.444 e. The smallest absolute Gasteiger partial charge is 0.273 e. The second-order valence-corrected chi connectivity index (χ2v) is 5.37. The standard InChI is InChI=1S/C16H20N4O3/c17-13-3-1-12(2-4-13)16-19-14(11-23-16)15(21)18-5-6-20-7-9-22-10-8-20/h1-4,11H,5-10,17H2,(H,18,21). The van der Waals surface area contributed by atoms with E-state index < -0.39 is 0 Å². The molecule has 7 nitrogen and oxygen atoms in total. The number of carbonyl (C=O) groups excluding carboxylic acids is 1. The van der Waals surface area contributed by atoms with E-state index in [1.165, 1.54) is 6.26 Å². The zero-order valence-corrected chi connectivity index (χ0v) is 12.8. The van der Waals surface area contributed by atoms with E-state index in [0.717, 1.165) is 38.4 Å². The average Bonchev–Trinajstić information content (AvgIpc) is 3.06. The quantitative estimate of drug-likeness (QED) is 0.799. The van der Waals surface area contributed by atoms with Gasteiger partial charge >= 0.3 is 0 Å². The number of nitrogens with zero attached hydrogens (tertiary/aromatic N) is 2. The summed E-state index contributed by atoms with van der Waals surface area (Å²) in [5.41, 5.74) is 7.38. The summed E-state index contributed by atoms with van der Waals surface area (Å²) in [4.78, 5) is 18.6. The molecule has 1 aliphatic heterocycles. The van der Waals surface area contributed by atoms with Crippen LogP contribution in [0.4, 0.5) is 5.69 Å². The molecular formula is C16H20N4O3. The Morgan fingerprint density at radius 1 is 1.26 bits per heavy atom. The van der Waals surface area contributed by atoms with Gasteiger partial charge in [-0.1, -0.05) is 0 Å². The lowest BCUT2D eigenvalue weighted by Gasteiger charge is -2.26. The molecule has 1 fully saturated rings. The van der Waals surface area contributed by atoms with Gasteiger partial charge in [-0.3, -0.25) is 9.69 Å². The first-order valence-electron chi connectivity index (χ1n) is 7.62. The van der Waals surface area contributed by atoms with Gasteiger partial charge in [-0.25, -0.2) is 4.98 Å². The Balaban J connectivity index is 1.52. The number of hydrogen-bond donors (Lipinski definition) is 2. The summed E-state index contributed by atoms with van der Waals surface area (Å²) in [5, 5.41) is 2.86. The maximum atomic E-state index is 12.1. The van der Waals surface area contributed by atoms with Crippen LogP contribution in [-0.2, 0) is 4.74 Å². The Bertz CT molecular complexity index is 648. The van der Waals surface area contributed by atoms with Crippen molar-refractivity contribution in [3.8, 4) is 11.5 Å². The zero-order chi connectivity index (χ0) is 16.1. The Hall–Kier alpha value is -2.38. The molecule has 0 saturated carbocycles. The first-order valence-corrected chi connectivity index (χ1v) is 7.62. The molecule has 0 atom stereocenters. The number of benzene rings is 1. The van der Waals surface area contributed by atoms with E-state index in [1.807, 2.05) is 0 Å². The SMILES string of the molecule is Nc1ccc(-c2nc(C(=O)NCCN3CCOCC3)co2)cc1. The molecule has 0 bridgehead atoms. The highest BCUT2D eigenvalue weighted by Crippen LogP contribution is 2.19. The van der Waals surface area contributed by atoms with Gasteiger partial charge in [0.25, 0.3) is 5.91 Å². The maximum absolute atomic E-state index is 12.1. The molecule has 1 amide bonds. The third-order valence-electron chi connectivity index (χ3n) is 3.71. The van der Waals surface area contributed by atoms with Crippen LogP contribution in [0, 0.1) is 0 Å². The van der Waals surface area contributed by atoms with Crippen LogP contribution >= 0.6 is 0 Å². The number of morpholine rings is 1. The number of rotatable bonds is 5. The Morgan fingerprint density at radius 3 is 2.74 bits per heavy atom. The van der Waals surface area contributed by atoms with Crippen LogP contribution in [0.5, 0.6) is 0 Å². The summed E-state index contributed by atoms with van der Waals surface area (Å²) in [7, 11) is 0. The molecule has 7 heteroatoms. The summed E-state index contributed by atoms with van der Waals surface area (Å²) in [5.74, 6) is 0.173. The molecule has 0 radical (unpaired) electrons. The lowest BCUT2D eigenvalue weighted by Crippen LogP contribution is -2.41. The van der Waals surface area contributed by atoms with Gasteiger partial charge in [0.2, 0.25) is 5.89 Å². The normalized spacial score (nSPS) is 15.5. The molecule has 1 aromatic carbocycles. The van der Waals surface area contributed by atoms with Gasteiger partial charge in [0.15, 0.2) is 5.69 Å². The van der Waals surface area contributed by atoms with Crippen LogP contribution in [0.2, 0.25) is 0 Å². The van der Waals surface area contributed by atoms with Crippen molar-refractivity contribution < 1.29 is 13.9 Å². The van der Waals surface area contributed by atoms with Crippen LogP contribution in [0.15, 0.2) is 34.9 Å². The number of nitrogens with one attached hydrogen (secondary N) is 1. The molecule has 1 saturated heterocycles. The maximum Gasteiger partial charge on any atom is 0.273 e. The number of anilines is 1. The van der Waals surface area contributed by atoms with Crippen molar-refractivity contribution in [3.63, 3.8) is 0 Å². The number of nitrogen functional groups attached to an aromatic ring is 1. The number of nitrogens with two attached hydrogens (primary N) is 1. The summed E-state index contributed by atoms with van der Waals surface area (Å²) in [6, 6.07) is 7.14. The van der Waals surface area contributed by atoms with E-state index in [1.54, 1.807) is 24.3 Å². The lowest BCUT2D eigenvalue weighted by molar-refractivity contribution is 0.0383. The van der Waals surface area contributed by atoms with E-state index in [-0.39, 0.29) is 11.6 Å². The molecule has 3 N–H and O–H groups in total. The van der Waals surface area contributed by atoms with Gasteiger partial charge in [0.05, 0.1) is 13.2 Å². The highest BCUT2D eigenvalue weighted by atomic mass is 16.5. The number of ether oxygens (including phenoxy) is 1. The molecule has 0 unspecified atom stereocenters. The summed E-state index contributed by atoms with van der Waals surface area (Å²) < 4.78 is 10.7. The molecule has 3 rings (SSSR count). The molecule has 2 heterocycles. The lowest BCUT2D eigenvalue weighted by atomic mass is 10.2. The highest BCUT2D eigenvalue weighted by molar-refractivity contribution is 5.92. The van der Waals surface area contributed by atoms with Gasteiger partial charge in [-0.2, -0.15) is 0 Å². The van der Waals surface area contributed by atoms with E-state index in [2.05, 4.69) is 15.2 Å². The summed E-state index contributed by atoms with van der Waals surface area (Å²) in [6.07, 6.45) is 1.37. The number of hydrogen-bond acceptors (Lipinski definition) is 6. The topological polar surface area (TPSA) is 93.6 Å². The fourth-order valence-electron chi connectivity index (χ4n) is 2.38. The molecule has 0 aliphatic carbocycles. The monoisotopic (exact) mass is 316 g/mol. The fraction of sp³-hybridized carbons (Fsp3) is 0.375. The summed E-state index contributed by atoms with van der Waals surface area (Å²) >= 11 is 0. The highest BCUT2D eigenvalue weighted by Gasteiger charge is 2.14. The number of aromatic nitrogens is 1. The van der Waals surface area contributed by atoms with Crippen molar-refractivity contribution in [2.75, 3.05) is 45.1 Å². The molecule has 1 aliphatic rings. The Morgan fingerprint density at radius 2 is 2.00 bits per heavy atom. The molecule has 23 heavy (non-hydrogen) atoms. The Kier molecular flexibility index (Phi) is 4.89. The van der Waals surface area contributed by atoms with Crippen molar-refractivity contribution in [1.82, 2.24) is 15.2 Å². The van der Waals surface area contributed by atoms with Crippen LogP contribution < -0.4 is 11.1 Å². The second-order valence-electron chi connectivity index (χ2n) is 5.37. The minimum atomic E-state index is -0.233. The average molecular weight is 316 g/mol. The number of amides is 1. The molecule has 0 spiro atoms. The Labute approximate surface area is 134 Å². The van der Waals surface area contributed by atoms with Crippen LogP contribution in [-0.4, -0.2) is 55.2 Å². The minimum absolute atomic E-state index is 0.233. The van der Waals surface area contributed by atoms with E-state index in [4.69, 9.17) is 14.9 Å². The van der Waals surface area contributed by atoms with Crippen molar-refractivity contribution in [1.29, 1.82) is 0 Å². The van der Waals surface area contributed by atoms with Crippen molar-refractivity contribution in [3.05, 3.63) is 36.2 Å². The van der Waals surface area contributed by atoms with Gasteiger partial charge in [0.1, 0.15) is 6.26 Å². The third kappa shape index (κ3) is 4.08. The van der Waals surface area contributed by atoms with Crippen molar-refractivity contribution >= 4 is 11.6 Å². The summed E-state index contributed by atoms with van der Waals surface area (Å²) in [6.45, 7) is 4.69. The molecule has 122 valence electrons. The minimum Gasteiger partial charge on any atom is -0.444 e.